The third-order valence-electron chi connectivity index (χ3n) is 2.76. The summed E-state index contributed by atoms with van der Waals surface area (Å²) in [6.07, 6.45) is 3.40. The summed E-state index contributed by atoms with van der Waals surface area (Å²) in [5.41, 5.74) is 2.58. The lowest BCUT2D eigenvalue weighted by molar-refractivity contribution is 0.0925. The zero-order valence-corrected chi connectivity index (χ0v) is 10.5. The monoisotopic (exact) mass is 243 g/mol. The van der Waals surface area contributed by atoms with E-state index in [1.165, 1.54) is 17.4 Å². The van der Waals surface area contributed by atoms with E-state index in [-0.39, 0.29) is 5.91 Å². The molecule has 2 rings (SSSR count). The van der Waals surface area contributed by atoms with Gasteiger partial charge in [0, 0.05) is 6.54 Å². The molecule has 0 saturated carbocycles. The highest BCUT2D eigenvalue weighted by Gasteiger charge is 2.06. The first-order chi connectivity index (χ1) is 8.75. The van der Waals surface area contributed by atoms with Gasteiger partial charge < -0.3 is 9.73 Å². The first-order valence-corrected chi connectivity index (χ1v) is 6.13. The summed E-state index contributed by atoms with van der Waals surface area (Å²) in [6, 6.07) is 11.8. The topological polar surface area (TPSA) is 42.2 Å². The molecule has 3 heteroatoms. The highest BCUT2D eigenvalue weighted by atomic mass is 16.3. The van der Waals surface area contributed by atoms with Crippen LogP contribution in [-0.2, 0) is 6.42 Å². The van der Waals surface area contributed by atoms with Crippen molar-refractivity contribution in [2.24, 2.45) is 0 Å². The summed E-state index contributed by atoms with van der Waals surface area (Å²) in [4.78, 5) is 11.6. The lowest BCUT2D eigenvalue weighted by Crippen LogP contribution is -2.24. The molecule has 1 heterocycles. The Balaban J connectivity index is 1.72. The SMILES string of the molecule is Cc1cccc(CCCNC(=O)c2ccco2)c1. The van der Waals surface area contributed by atoms with Crippen molar-refractivity contribution in [2.45, 2.75) is 19.8 Å². The van der Waals surface area contributed by atoms with Gasteiger partial charge in [0.05, 0.1) is 6.26 Å². The van der Waals surface area contributed by atoms with Gasteiger partial charge >= 0.3 is 0 Å². The maximum absolute atomic E-state index is 11.6. The summed E-state index contributed by atoms with van der Waals surface area (Å²) in [7, 11) is 0. The Morgan fingerprint density at radius 3 is 2.89 bits per heavy atom. The fourth-order valence-electron chi connectivity index (χ4n) is 1.86. The van der Waals surface area contributed by atoms with Crippen molar-refractivity contribution in [3.05, 3.63) is 59.5 Å². The first kappa shape index (κ1) is 12.4. The van der Waals surface area contributed by atoms with Crippen LogP contribution in [0.15, 0.2) is 47.1 Å². The molecule has 0 aliphatic carbocycles. The third kappa shape index (κ3) is 3.48. The number of benzene rings is 1. The Morgan fingerprint density at radius 2 is 2.17 bits per heavy atom. The van der Waals surface area contributed by atoms with E-state index in [9.17, 15) is 4.79 Å². The Hall–Kier alpha value is -2.03. The minimum atomic E-state index is -0.149. The molecule has 0 saturated heterocycles. The van der Waals surface area contributed by atoms with E-state index in [0.717, 1.165) is 12.8 Å². The fourth-order valence-corrected chi connectivity index (χ4v) is 1.86. The third-order valence-corrected chi connectivity index (χ3v) is 2.76. The molecule has 3 nitrogen and oxygen atoms in total. The second-order valence-electron chi connectivity index (χ2n) is 4.33. The molecule has 1 N–H and O–H groups in total. The zero-order chi connectivity index (χ0) is 12.8. The standard InChI is InChI=1S/C15H17NO2/c1-12-5-2-6-13(11-12)7-3-9-16-15(17)14-8-4-10-18-14/h2,4-6,8,10-11H,3,7,9H2,1H3,(H,16,17). The average molecular weight is 243 g/mol. The highest BCUT2D eigenvalue weighted by molar-refractivity contribution is 5.91. The zero-order valence-electron chi connectivity index (χ0n) is 10.5. The highest BCUT2D eigenvalue weighted by Crippen LogP contribution is 2.06. The lowest BCUT2D eigenvalue weighted by atomic mass is 10.1. The first-order valence-electron chi connectivity index (χ1n) is 6.13. The van der Waals surface area contributed by atoms with E-state index in [0.29, 0.717) is 12.3 Å². The van der Waals surface area contributed by atoms with E-state index in [1.807, 2.05) is 0 Å². The molecule has 94 valence electrons. The number of rotatable bonds is 5. The maximum Gasteiger partial charge on any atom is 0.286 e. The van der Waals surface area contributed by atoms with Gasteiger partial charge in [0.1, 0.15) is 0 Å². The molecule has 1 aromatic heterocycles. The molecule has 0 unspecified atom stereocenters. The van der Waals surface area contributed by atoms with Gasteiger partial charge in [-0.3, -0.25) is 4.79 Å². The van der Waals surface area contributed by atoms with Crippen LogP contribution >= 0.6 is 0 Å². The number of hydrogen-bond donors (Lipinski definition) is 1. The normalized spacial score (nSPS) is 10.3. The molecule has 0 atom stereocenters. The fraction of sp³-hybridized carbons (Fsp3) is 0.267. The van der Waals surface area contributed by atoms with E-state index >= 15 is 0 Å². The summed E-state index contributed by atoms with van der Waals surface area (Å²) in [5, 5.41) is 2.84. The number of carbonyl (C=O) groups excluding carboxylic acids is 1. The van der Waals surface area contributed by atoms with Gasteiger partial charge in [0.15, 0.2) is 5.76 Å². The largest absolute Gasteiger partial charge is 0.459 e. The van der Waals surface area contributed by atoms with Gasteiger partial charge in [-0.1, -0.05) is 29.8 Å². The maximum atomic E-state index is 11.6. The smallest absolute Gasteiger partial charge is 0.286 e. The van der Waals surface area contributed by atoms with Gasteiger partial charge in [-0.15, -0.1) is 0 Å². The van der Waals surface area contributed by atoms with E-state index in [2.05, 4.69) is 36.5 Å². The molecule has 0 aliphatic heterocycles. The summed E-state index contributed by atoms with van der Waals surface area (Å²) in [6.45, 7) is 2.75. The second-order valence-corrected chi connectivity index (χ2v) is 4.33. The predicted octanol–water partition coefficient (Wildman–Crippen LogP) is 2.95. The second kappa shape index (κ2) is 6.05. The van der Waals surface area contributed by atoms with Crippen molar-refractivity contribution in [1.29, 1.82) is 0 Å². The number of carbonyl (C=O) groups is 1. The number of hydrogen-bond acceptors (Lipinski definition) is 2. The van der Waals surface area contributed by atoms with Crippen LogP contribution < -0.4 is 5.32 Å². The lowest BCUT2D eigenvalue weighted by Gasteiger charge is -2.04. The molecule has 1 aromatic carbocycles. The summed E-state index contributed by atoms with van der Waals surface area (Å²) in [5.74, 6) is 0.217. The number of aryl methyl sites for hydroxylation is 2. The van der Waals surface area contributed by atoms with Crippen LogP contribution in [0.1, 0.15) is 28.1 Å². The minimum absolute atomic E-state index is 0.149. The molecular formula is C15H17NO2. The van der Waals surface area contributed by atoms with E-state index < -0.39 is 0 Å². The summed E-state index contributed by atoms with van der Waals surface area (Å²) < 4.78 is 5.01. The van der Waals surface area contributed by atoms with Crippen molar-refractivity contribution >= 4 is 5.91 Å². The van der Waals surface area contributed by atoms with Crippen LogP contribution in [0.25, 0.3) is 0 Å². The molecular weight excluding hydrogens is 226 g/mol. The molecule has 2 aromatic rings. The van der Waals surface area contributed by atoms with Gasteiger partial charge in [0.2, 0.25) is 0 Å². The number of nitrogens with one attached hydrogen (secondary N) is 1. The van der Waals surface area contributed by atoms with E-state index in [4.69, 9.17) is 4.42 Å². The Bertz CT molecular complexity index is 503. The van der Waals surface area contributed by atoms with Gasteiger partial charge in [-0.2, -0.15) is 0 Å². The minimum Gasteiger partial charge on any atom is -0.459 e. The number of amides is 1. The molecule has 1 amide bonds. The molecule has 18 heavy (non-hydrogen) atoms. The average Bonchev–Trinajstić information content (AvgIpc) is 2.88. The molecule has 0 bridgehead atoms. The van der Waals surface area contributed by atoms with Crippen LogP contribution in [-0.4, -0.2) is 12.5 Å². The van der Waals surface area contributed by atoms with Crippen molar-refractivity contribution in [2.75, 3.05) is 6.54 Å². The molecule has 0 fully saturated rings. The van der Waals surface area contributed by atoms with Crippen LogP contribution in [0.2, 0.25) is 0 Å². The van der Waals surface area contributed by atoms with E-state index in [1.54, 1.807) is 12.1 Å². The quantitative estimate of drug-likeness (QED) is 0.820. The van der Waals surface area contributed by atoms with Gasteiger partial charge in [-0.05, 0) is 37.5 Å². The van der Waals surface area contributed by atoms with Crippen molar-refractivity contribution in [3.8, 4) is 0 Å². The van der Waals surface area contributed by atoms with Crippen LogP contribution in [0, 0.1) is 6.92 Å². The van der Waals surface area contributed by atoms with Gasteiger partial charge in [-0.25, -0.2) is 0 Å². The molecule has 0 radical (unpaired) electrons. The van der Waals surface area contributed by atoms with Gasteiger partial charge in [0.25, 0.3) is 5.91 Å². The Kier molecular flexibility index (Phi) is 4.18. The summed E-state index contributed by atoms with van der Waals surface area (Å²) >= 11 is 0. The van der Waals surface area contributed by atoms with Crippen molar-refractivity contribution in [3.63, 3.8) is 0 Å². The Morgan fingerprint density at radius 1 is 1.28 bits per heavy atom. The Labute approximate surface area is 107 Å². The van der Waals surface area contributed by atoms with Crippen molar-refractivity contribution in [1.82, 2.24) is 5.32 Å². The van der Waals surface area contributed by atoms with Crippen LogP contribution in [0.5, 0.6) is 0 Å². The van der Waals surface area contributed by atoms with Crippen molar-refractivity contribution < 1.29 is 9.21 Å². The molecule has 0 spiro atoms. The van der Waals surface area contributed by atoms with Crippen LogP contribution in [0.4, 0.5) is 0 Å². The van der Waals surface area contributed by atoms with Crippen LogP contribution in [0.3, 0.4) is 0 Å². The number of furan rings is 1. The predicted molar refractivity (Wildman–Crippen MR) is 70.5 cm³/mol. The molecule has 0 aliphatic rings.